The predicted octanol–water partition coefficient (Wildman–Crippen LogP) is 5.14. The molecule has 1 amide bonds. The van der Waals surface area contributed by atoms with Crippen molar-refractivity contribution < 1.29 is 23.0 Å². The monoisotopic (exact) mass is 411 g/mol. The number of hydrogen-bond donors (Lipinski definition) is 1. The quantitative estimate of drug-likeness (QED) is 0.585. The molecule has 1 aromatic heterocycles. The fraction of sp³-hybridized carbons (Fsp3) is 0.211. The van der Waals surface area contributed by atoms with Gasteiger partial charge in [0.1, 0.15) is 4.88 Å². The molecule has 4 nitrogen and oxygen atoms in total. The Morgan fingerprint density at radius 1 is 1.22 bits per heavy atom. The summed E-state index contributed by atoms with van der Waals surface area (Å²) in [7, 11) is 1.38. The molecule has 0 fully saturated rings. The number of rotatable bonds is 7. The van der Waals surface area contributed by atoms with Gasteiger partial charge >= 0.3 is 6.61 Å². The van der Waals surface area contributed by atoms with Crippen LogP contribution in [0.1, 0.15) is 15.2 Å². The van der Waals surface area contributed by atoms with E-state index in [0.29, 0.717) is 22.9 Å². The number of halogens is 3. The molecule has 0 aliphatic heterocycles. The summed E-state index contributed by atoms with van der Waals surface area (Å²) in [4.78, 5) is 12.9. The Morgan fingerprint density at radius 2 is 2.00 bits per heavy atom. The van der Waals surface area contributed by atoms with Crippen molar-refractivity contribution in [3.63, 3.8) is 0 Å². The summed E-state index contributed by atoms with van der Waals surface area (Å²) in [6, 6.07) is 12.3. The second-order valence-electron chi connectivity index (χ2n) is 5.61. The van der Waals surface area contributed by atoms with E-state index < -0.39 is 6.61 Å². The lowest BCUT2D eigenvalue weighted by molar-refractivity contribution is -0.0512. The first-order valence-corrected chi connectivity index (χ1v) is 9.26. The van der Waals surface area contributed by atoms with Gasteiger partial charge in [0.05, 0.1) is 12.1 Å². The summed E-state index contributed by atoms with van der Waals surface area (Å²) in [5, 5.41) is 4.09. The Kier molecular flexibility index (Phi) is 6.13. The second kappa shape index (κ2) is 8.54. The number of amides is 1. The molecule has 0 atom stereocenters. The van der Waals surface area contributed by atoms with E-state index in [1.54, 1.807) is 12.1 Å². The molecule has 142 valence electrons. The summed E-state index contributed by atoms with van der Waals surface area (Å²) in [6.45, 7) is -2.62. The Labute approximate surface area is 163 Å². The molecule has 0 aliphatic rings. The highest BCUT2D eigenvalue weighted by molar-refractivity contribution is 7.21. The lowest BCUT2D eigenvalue weighted by Crippen LogP contribution is -2.25. The maximum Gasteiger partial charge on any atom is 0.387 e. The molecule has 0 bridgehead atoms. The van der Waals surface area contributed by atoms with Crippen molar-refractivity contribution in [2.45, 2.75) is 13.0 Å². The van der Waals surface area contributed by atoms with Gasteiger partial charge in [-0.3, -0.25) is 4.79 Å². The molecule has 0 spiro atoms. The average molecular weight is 412 g/mol. The molecule has 0 saturated carbocycles. The molecule has 3 aromatic rings. The van der Waals surface area contributed by atoms with Gasteiger partial charge in [0.15, 0.2) is 11.5 Å². The first-order chi connectivity index (χ1) is 13.0. The first-order valence-electron chi connectivity index (χ1n) is 8.06. The van der Waals surface area contributed by atoms with E-state index in [2.05, 4.69) is 10.1 Å². The minimum absolute atomic E-state index is 0.0381. The van der Waals surface area contributed by atoms with Crippen molar-refractivity contribution in [1.82, 2.24) is 5.32 Å². The van der Waals surface area contributed by atoms with Crippen molar-refractivity contribution >= 4 is 38.9 Å². The zero-order valence-corrected chi connectivity index (χ0v) is 15.9. The van der Waals surface area contributed by atoms with E-state index in [1.165, 1.54) is 24.5 Å². The van der Waals surface area contributed by atoms with Crippen molar-refractivity contribution in [3.05, 3.63) is 57.9 Å². The lowest BCUT2D eigenvalue weighted by Gasteiger charge is -2.11. The Hall–Kier alpha value is -2.38. The molecule has 0 saturated heterocycles. The normalized spacial score (nSPS) is 11.0. The van der Waals surface area contributed by atoms with Crippen molar-refractivity contribution in [2.24, 2.45) is 0 Å². The summed E-state index contributed by atoms with van der Waals surface area (Å²) >= 11 is 7.63. The first kappa shape index (κ1) is 19.4. The Bertz CT molecular complexity index is 961. The molecule has 27 heavy (non-hydrogen) atoms. The van der Waals surface area contributed by atoms with Crippen LogP contribution < -0.4 is 14.8 Å². The molecule has 3 rings (SSSR count). The summed E-state index contributed by atoms with van der Waals surface area (Å²) < 4.78 is 35.4. The number of nitrogens with one attached hydrogen (secondary N) is 1. The van der Waals surface area contributed by atoms with Gasteiger partial charge in [0, 0.05) is 16.6 Å². The SMILES string of the molecule is COc1ccc(CCNC(=O)c2sc3ccccc3c2Cl)cc1OC(F)F. The number of ether oxygens (including phenoxy) is 2. The molecule has 2 aromatic carbocycles. The molecule has 0 radical (unpaired) electrons. The molecule has 0 unspecified atom stereocenters. The van der Waals surface area contributed by atoms with Gasteiger partial charge in [-0.05, 0) is 30.2 Å². The maximum absolute atomic E-state index is 12.5. The van der Waals surface area contributed by atoms with Crippen LogP contribution in [0.2, 0.25) is 5.02 Å². The van der Waals surface area contributed by atoms with Gasteiger partial charge in [0.25, 0.3) is 5.91 Å². The topological polar surface area (TPSA) is 47.6 Å². The van der Waals surface area contributed by atoms with Crippen LogP contribution in [0.25, 0.3) is 10.1 Å². The highest BCUT2D eigenvalue weighted by Crippen LogP contribution is 2.35. The second-order valence-corrected chi connectivity index (χ2v) is 7.04. The molecule has 1 N–H and O–H groups in total. The molecular formula is C19H16ClF2NO3S. The van der Waals surface area contributed by atoms with E-state index in [9.17, 15) is 13.6 Å². The number of carbonyl (C=O) groups excluding carboxylic acids is 1. The number of methoxy groups -OCH3 is 1. The van der Waals surface area contributed by atoms with E-state index in [-0.39, 0.29) is 17.4 Å². The fourth-order valence-corrected chi connectivity index (χ4v) is 4.06. The lowest BCUT2D eigenvalue weighted by atomic mass is 10.1. The number of carbonyl (C=O) groups is 1. The number of thiophene rings is 1. The third-order valence-electron chi connectivity index (χ3n) is 3.88. The minimum Gasteiger partial charge on any atom is -0.493 e. The van der Waals surface area contributed by atoms with Crippen LogP contribution in [0.5, 0.6) is 11.5 Å². The highest BCUT2D eigenvalue weighted by Gasteiger charge is 2.17. The van der Waals surface area contributed by atoms with E-state index >= 15 is 0 Å². The molecular weight excluding hydrogens is 396 g/mol. The largest absolute Gasteiger partial charge is 0.493 e. The van der Waals surface area contributed by atoms with Gasteiger partial charge < -0.3 is 14.8 Å². The van der Waals surface area contributed by atoms with Crippen LogP contribution in [0.15, 0.2) is 42.5 Å². The third-order valence-corrected chi connectivity index (χ3v) is 5.56. The van der Waals surface area contributed by atoms with Crippen molar-refractivity contribution in [2.75, 3.05) is 13.7 Å². The van der Waals surface area contributed by atoms with Gasteiger partial charge in [-0.25, -0.2) is 0 Å². The van der Waals surface area contributed by atoms with Crippen LogP contribution in [0, 0.1) is 0 Å². The van der Waals surface area contributed by atoms with Crippen molar-refractivity contribution in [3.8, 4) is 11.5 Å². The molecule has 1 heterocycles. The zero-order valence-electron chi connectivity index (χ0n) is 14.3. The van der Waals surface area contributed by atoms with Gasteiger partial charge in [-0.1, -0.05) is 35.9 Å². The van der Waals surface area contributed by atoms with E-state index in [4.69, 9.17) is 16.3 Å². The summed E-state index contributed by atoms with van der Waals surface area (Å²) in [5.41, 5.74) is 0.731. The van der Waals surface area contributed by atoms with Crippen LogP contribution in [-0.2, 0) is 6.42 Å². The zero-order chi connectivity index (χ0) is 19.4. The summed E-state index contributed by atoms with van der Waals surface area (Å²) in [6.07, 6.45) is 0.442. The van der Waals surface area contributed by atoms with Crippen LogP contribution in [-0.4, -0.2) is 26.2 Å². The van der Waals surface area contributed by atoms with Gasteiger partial charge in [-0.2, -0.15) is 8.78 Å². The number of benzene rings is 2. The molecule has 8 heteroatoms. The van der Waals surface area contributed by atoms with E-state index in [1.807, 2.05) is 24.3 Å². The van der Waals surface area contributed by atoms with Gasteiger partial charge in [0.2, 0.25) is 0 Å². The Balaban J connectivity index is 1.65. The third kappa shape index (κ3) is 4.48. The van der Waals surface area contributed by atoms with Gasteiger partial charge in [-0.15, -0.1) is 11.3 Å². The minimum atomic E-state index is -2.94. The van der Waals surface area contributed by atoms with Crippen LogP contribution in [0.3, 0.4) is 0 Å². The van der Waals surface area contributed by atoms with Crippen LogP contribution >= 0.6 is 22.9 Å². The highest BCUT2D eigenvalue weighted by atomic mass is 35.5. The number of hydrogen-bond acceptors (Lipinski definition) is 4. The summed E-state index contributed by atoms with van der Waals surface area (Å²) in [5.74, 6) is -0.0808. The number of alkyl halides is 2. The smallest absolute Gasteiger partial charge is 0.387 e. The van der Waals surface area contributed by atoms with Crippen LogP contribution in [0.4, 0.5) is 8.78 Å². The predicted molar refractivity (Wildman–Crippen MR) is 102 cm³/mol. The number of fused-ring (bicyclic) bond motifs is 1. The Morgan fingerprint density at radius 3 is 2.70 bits per heavy atom. The molecule has 0 aliphatic carbocycles. The standard InChI is InChI=1S/C19H16ClF2NO3S/c1-25-13-7-6-11(10-14(13)26-19(21)22)8-9-23-18(24)17-16(20)12-4-2-3-5-15(12)27-17/h2-7,10,19H,8-9H2,1H3,(H,23,24). The maximum atomic E-state index is 12.5. The van der Waals surface area contributed by atoms with Crippen molar-refractivity contribution in [1.29, 1.82) is 0 Å². The average Bonchev–Trinajstić information content (AvgIpc) is 2.99. The fourth-order valence-electron chi connectivity index (χ4n) is 2.63. The van der Waals surface area contributed by atoms with E-state index in [0.717, 1.165) is 15.6 Å².